The molecule has 0 fully saturated rings. The minimum atomic E-state index is -0.0452. The molecular formula is C25H31N5O3. The van der Waals surface area contributed by atoms with Crippen molar-refractivity contribution in [3.05, 3.63) is 53.6 Å². The van der Waals surface area contributed by atoms with E-state index in [1.54, 1.807) is 7.11 Å². The van der Waals surface area contributed by atoms with Gasteiger partial charge in [-0.05, 0) is 36.6 Å². The number of aliphatic hydroxyl groups excluding tert-OH is 2. The fourth-order valence-corrected chi connectivity index (χ4v) is 4.42. The summed E-state index contributed by atoms with van der Waals surface area (Å²) in [5, 5.41) is 23.7. The average Bonchev–Trinajstić information content (AvgIpc) is 3.13. The maximum Gasteiger partial charge on any atom is 0.222 e. The fourth-order valence-electron chi connectivity index (χ4n) is 4.42. The minimum Gasteiger partial charge on any atom is -0.496 e. The summed E-state index contributed by atoms with van der Waals surface area (Å²) in [6.07, 6.45) is 2.50. The van der Waals surface area contributed by atoms with E-state index in [4.69, 9.17) is 10.5 Å². The van der Waals surface area contributed by atoms with Crippen molar-refractivity contribution >= 4 is 33.7 Å². The molecule has 2 heterocycles. The molecule has 0 aliphatic rings. The molecule has 0 spiro atoms. The molecule has 33 heavy (non-hydrogen) atoms. The molecule has 0 saturated heterocycles. The molecule has 4 rings (SSSR count). The van der Waals surface area contributed by atoms with Crippen molar-refractivity contribution in [2.45, 2.75) is 45.4 Å². The Hall–Kier alpha value is -3.36. The van der Waals surface area contributed by atoms with E-state index in [0.717, 1.165) is 51.7 Å². The fraction of sp³-hybridized carbons (Fsp3) is 0.360. The number of benzene rings is 2. The molecule has 0 radical (unpaired) electrons. The van der Waals surface area contributed by atoms with Gasteiger partial charge in [0, 0.05) is 23.6 Å². The van der Waals surface area contributed by atoms with E-state index in [1.165, 1.54) is 0 Å². The van der Waals surface area contributed by atoms with Crippen LogP contribution in [0.4, 0.5) is 11.8 Å². The first-order chi connectivity index (χ1) is 16.1. The van der Waals surface area contributed by atoms with Gasteiger partial charge in [0.25, 0.3) is 0 Å². The van der Waals surface area contributed by atoms with Gasteiger partial charge in [0.1, 0.15) is 16.8 Å². The Kier molecular flexibility index (Phi) is 6.96. The highest BCUT2D eigenvalue weighted by atomic mass is 16.5. The van der Waals surface area contributed by atoms with Crippen LogP contribution in [-0.2, 0) is 13.2 Å². The first-order valence-corrected chi connectivity index (χ1v) is 11.3. The molecule has 174 valence electrons. The molecular weight excluding hydrogens is 418 g/mol. The summed E-state index contributed by atoms with van der Waals surface area (Å²) in [5.41, 5.74) is 10.5. The second-order valence-electron chi connectivity index (χ2n) is 8.18. The number of aromatic nitrogens is 3. The summed E-state index contributed by atoms with van der Waals surface area (Å²) in [6.45, 7) is 2.67. The molecule has 2 aromatic carbocycles. The first-order valence-electron chi connectivity index (χ1n) is 11.3. The molecule has 0 saturated carbocycles. The van der Waals surface area contributed by atoms with Crippen molar-refractivity contribution in [2.24, 2.45) is 0 Å². The topological polar surface area (TPSA) is 118 Å². The lowest BCUT2D eigenvalue weighted by Gasteiger charge is -2.20. The largest absolute Gasteiger partial charge is 0.496 e. The number of methoxy groups -OCH3 is 1. The van der Waals surface area contributed by atoms with Crippen molar-refractivity contribution in [1.29, 1.82) is 0 Å². The predicted octanol–water partition coefficient (Wildman–Crippen LogP) is 3.68. The lowest BCUT2D eigenvalue weighted by Crippen LogP contribution is -2.22. The zero-order valence-electron chi connectivity index (χ0n) is 19.1. The van der Waals surface area contributed by atoms with Crippen LogP contribution in [0.5, 0.6) is 5.75 Å². The Morgan fingerprint density at radius 1 is 1.12 bits per heavy atom. The van der Waals surface area contributed by atoms with Gasteiger partial charge >= 0.3 is 0 Å². The van der Waals surface area contributed by atoms with Crippen LogP contribution >= 0.6 is 0 Å². The third-order valence-electron chi connectivity index (χ3n) is 5.93. The van der Waals surface area contributed by atoms with Crippen LogP contribution in [0.3, 0.4) is 0 Å². The van der Waals surface area contributed by atoms with Crippen molar-refractivity contribution in [1.82, 2.24) is 14.5 Å². The number of ether oxygens (including phenoxy) is 1. The lowest BCUT2D eigenvalue weighted by molar-refractivity contribution is 0.276. The molecule has 1 atom stereocenters. The molecule has 0 aliphatic heterocycles. The monoisotopic (exact) mass is 449 g/mol. The predicted molar refractivity (Wildman–Crippen MR) is 131 cm³/mol. The summed E-state index contributed by atoms with van der Waals surface area (Å²) in [4.78, 5) is 9.15. The van der Waals surface area contributed by atoms with Crippen LogP contribution in [0, 0.1) is 0 Å². The number of nitrogens with two attached hydrogens (primary N) is 1. The lowest BCUT2D eigenvalue weighted by atomic mass is 10.1. The number of hydrogen-bond donors (Lipinski definition) is 4. The van der Waals surface area contributed by atoms with Crippen molar-refractivity contribution in [3.8, 4) is 5.75 Å². The van der Waals surface area contributed by atoms with Gasteiger partial charge in [0.05, 0.1) is 25.8 Å². The molecule has 4 aromatic rings. The van der Waals surface area contributed by atoms with E-state index in [9.17, 15) is 10.2 Å². The number of fused-ring (bicyclic) bond motifs is 3. The van der Waals surface area contributed by atoms with Crippen LogP contribution < -0.4 is 15.8 Å². The Labute approximate surface area is 193 Å². The Bertz CT molecular complexity index is 1250. The average molecular weight is 450 g/mol. The normalized spacial score (nSPS) is 12.4. The summed E-state index contributed by atoms with van der Waals surface area (Å²) in [5.74, 6) is 1.60. The van der Waals surface area contributed by atoms with Gasteiger partial charge in [-0.3, -0.25) is 0 Å². The molecule has 0 aliphatic carbocycles. The zero-order valence-corrected chi connectivity index (χ0v) is 19.1. The van der Waals surface area contributed by atoms with Crippen LogP contribution in [0.15, 0.2) is 42.5 Å². The van der Waals surface area contributed by atoms with E-state index < -0.39 is 0 Å². The van der Waals surface area contributed by atoms with Gasteiger partial charge in [0.15, 0.2) is 5.82 Å². The summed E-state index contributed by atoms with van der Waals surface area (Å²) in [7, 11) is 1.64. The molecule has 2 aromatic heterocycles. The number of hydrogen-bond acceptors (Lipinski definition) is 7. The number of nitrogen functional groups attached to an aromatic ring is 1. The SMILES string of the molecule is CCC[C@@H](CCO)Nc1nc(N)nc2c3ccccc3n(Cc3cc(CO)ccc3OC)c12. The number of rotatable bonds is 10. The highest BCUT2D eigenvalue weighted by Crippen LogP contribution is 2.34. The number of nitrogens with zero attached hydrogens (tertiary/aromatic N) is 3. The standard InChI is InChI=1S/C25H31N5O3/c1-3-6-18(11-12-31)27-24-23-22(28-25(26)29-24)19-7-4-5-8-20(19)30(23)14-17-13-16(15-32)9-10-21(17)33-2/h4-5,7-10,13,18,31-32H,3,6,11-12,14-15H2,1-2H3,(H3,26,27,28,29)/t18-/m0/s1. The minimum absolute atomic E-state index is 0.0452. The number of para-hydroxylation sites is 1. The van der Waals surface area contributed by atoms with Crippen LogP contribution in [0.25, 0.3) is 21.9 Å². The second kappa shape index (κ2) is 10.1. The van der Waals surface area contributed by atoms with Gasteiger partial charge in [0.2, 0.25) is 5.95 Å². The van der Waals surface area contributed by atoms with E-state index in [-0.39, 0.29) is 25.2 Å². The number of anilines is 2. The Morgan fingerprint density at radius 2 is 1.94 bits per heavy atom. The molecule has 8 heteroatoms. The molecule has 5 N–H and O–H groups in total. The van der Waals surface area contributed by atoms with Gasteiger partial charge in [-0.25, -0.2) is 4.98 Å². The third kappa shape index (κ3) is 4.58. The molecule has 0 bridgehead atoms. The molecule has 0 amide bonds. The van der Waals surface area contributed by atoms with Gasteiger partial charge in [-0.15, -0.1) is 0 Å². The van der Waals surface area contributed by atoms with E-state index in [1.807, 2.05) is 36.4 Å². The quantitative estimate of drug-likeness (QED) is 0.292. The smallest absolute Gasteiger partial charge is 0.222 e. The maximum absolute atomic E-state index is 9.66. The highest BCUT2D eigenvalue weighted by Gasteiger charge is 2.20. The van der Waals surface area contributed by atoms with E-state index >= 15 is 0 Å². The summed E-state index contributed by atoms with van der Waals surface area (Å²) < 4.78 is 7.77. The Morgan fingerprint density at radius 3 is 2.67 bits per heavy atom. The van der Waals surface area contributed by atoms with Gasteiger partial charge < -0.3 is 30.6 Å². The van der Waals surface area contributed by atoms with Crippen LogP contribution in [0.1, 0.15) is 37.3 Å². The van der Waals surface area contributed by atoms with Gasteiger partial charge in [-0.2, -0.15) is 4.98 Å². The third-order valence-corrected chi connectivity index (χ3v) is 5.93. The maximum atomic E-state index is 9.66. The van der Waals surface area contributed by atoms with Gasteiger partial charge in [-0.1, -0.05) is 37.6 Å². The number of nitrogens with one attached hydrogen (secondary N) is 1. The van der Waals surface area contributed by atoms with Crippen molar-refractivity contribution in [3.63, 3.8) is 0 Å². The first kappa shape index (κ1) is 22.8. The van der Waals surface area contributed by atoms with Crippen molar-refractivity contribution < 1.29 is 14.9 Å². The second-order valence-corrected chi connectivity index (χ2v) is 8.18. The zero-order chi connectivity index (χ0) is 23.4. The summed E-state index contributed by atoms with van der Waals surface area (Å²) >= 11 is 0. The molecule has 8 nitrogen and oxygen atoms in total. The molecule has 0 unspecified atom stereocenters. The summed E-state index contributed by atoms with van der Waals surface area (Å²) in [6, 6.07) is 13.8. The Balaban J connectivity index is 1.93. The highest BCUT2D eigenvalue weighted by molar-refractivity contribution is 6.09. The van der Waals surface area contributed by atoms with Crippen LogP contribution in [-0.4, -0.2) is 44.5 Å². The number of aliphatic hydroxyl groups is 2. The van der Waals surface area contributed by atoms with E-state index in [2.05, 4.69) is 32.8 Å². The van der Waals surface area contributed by atoms with Crippen molar-refractivity contribution in [2.75, 3.05) is 24.8 Å². The van der Waals surface area contributed by atoms with E-state index in [0.29, 0.717) is 18.8 Å². The van der Waals surface area contributed by atoms with Crippen LogP contribution in [0.2, 0.25) is 0 Å².